The SMILES string of the molecule is CC(=O)N1[C@@H](C)COC[C@@H]1C. The number of hydrogen-bond donors (Lipinski definition) is 0. The van der Waals surface area contributed by atoms with E-state index in [1.807, 2.05) is 18.7 Å². The molecule has 64 valence electrons. The smallest absolute Gasteiger partial charge is 0.220 e. The monoisotopic (exact) mass is 157 g/mol. The highest BCUT2D eigenvalue weighted by molar-refractivity contribution is 5.74. The van der Waals surface area contributed by atoms with Gasteiger partial charge in [0.2, 0.25) is 5.91 Å². The number of carbonyl (C=O) groups excluding carboxylic acids is 1. The van der Waals surface area contributed by atoms with Crippen LogP contribution in [-0.2, 0) is 9.53 Å². The zero-order valence-electron chi connectivity index (χ0n) is 7.33. The summed E-state index contributed by atoms with van der Waals surface area (Å²) in [4.78, 5) is 13.0. The highest BCUT2D eigenvalue weighted by atomic mass is 16.5. The first-order chi connectivity index (χ1) is 5.13. The predicted octanol–water partition coefficient (Wildman–Crippen LogP) is 0.642. The molecular weight excluding hydrogens is 142 g/mol. The van der Waals surface area contributed by atoms with E-state index in [4.69, 9.17) is 4.74 Å². The molecule has 0 radical (unpaired) electrons. The van der Waals surface area contributed by atoms with Crippen LogP contribution in [0.25, 0.3) is 0 Å². The van der Waals surface area contributed by atoms with Crippen molar-refractivity contribution in [3.63, 3.8) is 0 Å². The van der Waals surface area contributed by atoms with E-state index in [9.17, 15) is 4.79 Å². The average Bonchev–Trinajstić information content (AvgIpc) is 1.85. The van der Waals surface area contributed by atoms with Crippen molar-refractivity contribution in [2.45, 2.75) is 32.9 Å². The quantitative estimate of drug-likeness (QED) is 0.516. The Morgan fingerprint density at radius 3 is 2.09 bits per heavy atom. The second-order valence-electron chi connectivity index (χ2n) is 3.16. The van der Waals surface area contributed by atoms with E-state index < -0.39 is 0 Å². The Bertz CT molecular complexity index is 148. The van der Waals surface area contributed by atoms with Gasteiger partial charge in [0.05, 0.1) is 25.3 Å². The molecule has 0 aromatic heterocycles. The lowest BCUT2D eigenvalue weighted by Gasteiger charge is -2.38. The molecule has 2 atom stereocenters. The van der Waals surface area contributed by atoms with Gasteiger partial charge in [-0.1, -0.05) is 0 Å². The highest BCUT2D eigenvalue weighted by Gasteiger charge is 2.26. The summed E-state index contributed by atoms with van der Waals surface area (Å²) in [6, 6.07) is 0.465. The van der Waals surface area contributed by atoms with Crippen LogP contribution < -0.4 is 0 Å². The van der Waals surface area contributed by atoms with Crippen LogP contribution in [0.4, 0.5) is 0 Å². The molecule has 0 aromatic carbocycles. The van der Waals surface area contributed by atoms with Gasteiger partial charge in [-0.2, -0.15) is 0 Å². The Kier molecular flexibility index (Phi) is 2.49. The second kappa shape index (κ2) is 3.22. The number of morpholine rings is 1. The average molecular weight is 157 g/mol. The molecule has 0 N–H and O–H groups in total. The summed E-state index contributed by atoms with van der Waals surface area (Å²) < 4.78 is 5.28. The highest BCUT2D eigenvalue weighted by Crippen LogP contribution is 2.12. The molecule has 1 fully saturated rings. The summed E-state index contributed by atoms with van der Waals surface area (Å²) in [5.41, 5.74) is 0. The van der Waals surface area contributed by atoms with Gasteiger partial charge in [-0.05, 0) is 13.8 Å². The van der Waals surface area contributed by atoms with Crippen molar-refractivity contribution < 1.29 is 9.53 Å². The normalized spacial score (nSPS) is 32.1. The lowest BCUT2D eigenvalue weighted by Crippen LogP contribution is -2.51. The fraction of sp³-hybridized carbons (Fsp3) is 0.875. The third-order valence-electron chi connectivity index (χ3n) is 2.03. The molecule has 0 aromatic rings. The fourth-order valence-corrected chi connectivity index (χ4v) is 1.62. The van der Waals surface area contributed by atoms with Crippen molar-refractivity contribution in [1.82, 2.24) is 4.90 Å². The number of carbonyl (C=O) groups is 1. The molecule has 0 aliphatic carbocycles. The van der Waals surface area contributed by atoms with Gasteiger partial charge in [0.1, 0.15) is 0 Å². The molecule has 3 nitrogen and oxygen atoms in total. The Morgan fingerprint density at radius 2 is 1.82 bits per heavy atom. The lowest BCUT2D eigenvalue weighted by atomic mass is 10.2. The molecule has 0 bridgehead atoms. The Hall–Kier alpha value is -0.570. The van der Waals surface area contributed by atoms with Crippen LogP contribution in [-0.4, -0.2) is 36.1 Å². The molecule has 1 saturated heterocycles. The van der Waals surface area contributed by atoms with Crippen molar-refractivity contribution in [3.05, 3.63) is 0 Å². The Morgan fingerprint density at radius 1 is 1.36 bits per heavy atom. The largest absolute Gasteiger partial charge is 0.377 e. The Balaban J connectivity index is 2.62. The van der Waals surface area contributed by atoms with E-state index in [-0.39, 0.29) is 18.0 Å². The van der Waals surface area contributed by atoms with Crippen LogP contribution in [0.3, 0.4) is 0 Å². The van der Waals surface area contributed by atoms with E-state index in [2.05, 4.69) is 0 Å². The standard InChI is InChI=1S/C8H15NO2/c1-6-4-11-5-7(2)9(6)8(3)10/h6-7H,4-5H2,1-3H3/t6-,7-/m0/s1. The minimum Gasteiger partial charge on any atom is -0.377 e. The molecule has 1 aliphatic heterocycles. The first-order valence-corrected chi connectivity index (χ1v) is 3.99. The van der Waals surface area contributed by atoms with Crippen LogP contribution in [0.1, 0.15) is 20.8 Å². The van der Waals surface area contributed by atoms with E-state index in [0.29, 0.717) is 13.2 Å². The summed E-state index contributed by atoms with van der Waals surface area (Å²) >= 11 is 0. The summed E-state index contributed by atoms with van der Waals surface area (Å²) in [5, 5.41) is 0. The third-order valence-corrected chi connectivity index (χ3v) is 2.03. The van der Waals surface area contributed by atoms with Crippen molar-refractivity contribution in [1.29, 1.82) is 0 Å². The molecule has 11 heavy (non-hydrogen) atoms. The fourth-order valence-electron chi connectivity index (χ4n) is 1.62. The molecular formula is C8H15NO2. The summed E-state index contributed by atoms with van der Waals surface area (Å²) in [6.07, 6.45) is 0. The van der Waals surface area contributed by atoms with Crippen molar-refractivity contribution in [3.8, 4) is 0 Å². The molecule has 0 spiro atoms. The molecule has 1 rings (SSSR count). The van der Waals surface area contributed by atoms with Gasteiger partial charge in [0.15, 0.2) is 0 Å². The molecule has 0 saturated carbocycles. The van der Waals surface area contributed by atoms with E-state index >= 15 is 0 Å². The van der Waals surface area contributed by atoms with Gasteiger partial charge in [0, 0.05) is 6.92 Å². The van der Waals surface area contributed by atoms with Crippen LogP contribution in [0, 0.1) is 0 Å². The van der Waals surface area contributed by atoms with Gasteiger partial charge >= 0.3 is 0 Å². The molecule has 0 unspecified atom stereocenters. The van der Waals surface area contributed by atoms with Crippen molar-refractivity contribution >= 4 is 5.91 Å². The summed E-state index contributed by atoms with van der Waals surface area (Å²) in [6.45, 7) is 6.97. The topological polar surface area (TPSA) is 29.5 Å². The number of nitrogens with zero attached hydrogens (tertiary/aromatic N) is 1. The zero-order chi connectivity index (χ0) is 8.43. The maximum absolute atomic E-state index is 11.1. The van der Waals surface area contributed by atoms with E-state index in [0.717, 1.165) is 0 Å². The Labute approximate surface area is 67.3 Å². The number of hydrogen-bond acceptors (Lipinski definition) is 2. The van der Waals surface area contributed by atoms with E-state index in [1.54, 1.807) is 6.92 Å². The molecule has 1 heterocycles. The van der Waals surface area contributed by atoms with Crippen LogP contribution in [0.2, 0.25) is 0 Å². The van der Waals surface area contributed by atoms with Crippen LogP contribution >= 0.6 is 0 Å². The van der Waals surface area contributed by atoms with Gasteiger partial charge in [-0.25, -0.2) is 0 Å². The number of ether oxygens (including phenoxy) is 1. The molecule has 1 amide bonds. The summed E-state index contributed by atoms with van der Waals surface area (Å²) in [5.74, 6) is 0.147. The number of rotatable bonds is 0. The van der Waals surface area contributed by atoms with Gasteiger partial charge in [-0.3, -0.25) is 4.79 Å². The van der Waals surface area contributed by atoms with Gasteiger partial charge in [0.25, 0.3) is 0 Å². The third kappa shape index (κ3) is 1.71. The number of amides is 1. The lowest BCUT2D eigenvalue weighted by molar-refractivity contribution is -0.141. The summed E-state index contributed by atoms with van der Waals surface area (Å²) in [7, 11) is 0. The van der Waals surface area contributed by atoms with Crippen LogP contribution in [0.15, 0.2) is 0 Å². The maximum Gasteiger partial charge on any atom is 0.220 e. The predicted molar refractivity (Wildman–Crippen MR) is 42.3 cm³/mol. The first kappa shape index (κ1) is 8.53. The van der Waals surface area contributed by atoms with Crippen molar-refractivity contribution in [2.24, 2.45) is 0 Å². The van der Waals surface area contributed by atoms with Crippen LogP contribution in [0.5, 0.6) is 0 Å². The first-order valence-electron chi connectivity index (χ1n) is 3.99. The van der Waals surface area contributed by atoms with Crippen molar-refractivity contribution in [2.75, 3.05) is 13.2 Å². The minimum absolute atomic E-state index is 0.147. The minimum atomic E-state index is 0.147. The van der Waals surface area contributed by atoms with Gasteiger partial charge in [-0.15, -0.1) is 0 Å². The van der Waals surface area contributed by atoms with E-state index in [1.165, 1.54) is 0 Å². The van der Waals surface area contributed by atoms with Gasteiger partial charge < -0.3 is 9.64 Å². The second-order valence-corrected chi connectivity index (χ2v) is 3.16. The molecule has 3 heteroatoms. The molecule has 1 aliphatic rings. The maximum atomic E-state index is 11.1. The zero-order valence-corrected chi connectivity index (χ0v) is 7.33.